The van der Waals surface area contributed by atoms with E-state index in [1.54, 1.807) is 0 Å². The topological polar surface area (TPSA) is 199 Å². The molecule has 1 aliphatic carbocycles. The zero-order chi connectivity index (χ0) is 44.3. The van der Waals surface area contributed by atoms with Gasteiger partial charge in [0, 0.05) is 62.4 Å². The number of aliphatic carboxylic acids is 1. The number of rotatable bonds is 9. The summed E-state index contributed by atoms with van der Waals surface area (Å²) in [5.41, 5.74) is -3.02. The summed E-state index contributed by atoms with van der Waals surface area (Å²) < 4.78 is 0. The van der Waals surface area contributed by atoms with Gasteiger partial charge in [-0.25, -0.2) is 14.4 Å². The molecule has 12 nitrogen and oxygen atoms in total. The maximum atomic E-state index is 14.2. The van der Waals surface area contributed by atoms with Crippen molar-refractivity contribution >= 4 is 69.0 Å². The largest absolute Gasteiger partial charge is 0.478 e. The van der Waals surface area contributed by atoms with Gasteiger partial charge in [-0.2, -0.15) is 0 Å². The van der Waals surface area contributed by atoms with Gasteiger partial charge in [0.25, 0.3) is 17.7 Å². The average Bonchev–Trinajstić information content (AvgIpc) is 3.24. The zero-order valence-electron chi connectivity index (χ0n) is 31.3. The van der Waals surface area contributed by atoms with Crippen LogP contribution >= 0.6 is 0 Å². The number of carboxylic acids is 3. The quantitative estimate of drug-likeness (QED) is 0.102. The highest BCUT2D eigenvalue weighted by Gasteiger charge is 2.37. The molecule has 61 heavy (non-hydrogen) atoms. The third-order valence-corrected chi connectivity index (χ3v) is 9.43. The van der Waals surface area contributed by atoms with Crippen molar-refractivity contribution in [2.45, 2.75) is 6.42 Å². The molecule has 6 N–H and O–H groups in total. The number of terminal acetylenes is 6. The number of benzene rings is 5. The molecule has 3 amide bonds. The number of aromatic carboxylic acids is 2. The lowest BCUT2D eigenvalue weighted by molar-refractivity contribution is -0.130. The Kier molecular flexibility index (Phi) is 11.0. The van der Waals surface area contributed by atoms with Gasteiger partial charge in [-0.15, -0.1) is 38.5 Å². The van der Waals surface area contributed by atoms with Crippen molar-refractivity contribution in [1.82, 2.24) is 0 Å². The molecule has 0 atom stereocenters. The Labute approximate surface area is 347 Å². The van der Waals surface area contributed by atoms with Gasteiger partial charge in [-0.3, -0.25) is 14.4 Å². The van der Waals surface area contributed by atoms with Crippen molar-refractivity contribution in [3.63, 3.8) is 0 Å². The summed E-state index contributed by atoms with van der Waals surface area (Å²) in [5, 5.41) is 39.2. The molecule has 1 aliphatic rings. The van der Waals surface area contributed by atoms with Crippen LogP contribution in [0.25, 0.3) is 16.3 Å². The van der Waals surface area contributed by atoms with E-state index in [2.05, 4.69) is 51.5 Å². The number of anilines is 3. The zero-order valence-corrected chi connectivity index (χ0v) is 31.3. The van der Waals surface area contributed by atoms with Crippen molar-refractivity contribution in [3.8, 4) is 74.1 Å². The first-order valence-corrected chi connectivity index (χ1v) is 17.4. The Morgan fingerprint density at radius 1 is 0.459 bits per heavy atom. The predicted octanol–water partition coefficient (Wildman–Crippen LogP) is 5.66. The third kappa shape index (κ3) is 7.84. The summed E-state index contributed by atoms with van der Waals surface area (Å²) in [4.78, 5) is 82.4. The predicted molar refractivity (Wildman–Crippen MR) is 228 cm³/mol. The van der Waals surface area contributed by atoms with Gasteiger partial charge in [0.1, 0.15) is 0 Å². The summed E-state index contributed by atoms with van der Waals surface area (Å²) in [6.45, 7) is 0. The van der Waals surface area contributed by atoms with Crippen LogP contribution in [0.1, 0.15) is 85.9 Å². The SMILES string of the molecule is C#Cc1cc(C#C)cc(NC(=O)C2=C(C(=O)O)c3cc(C(=O)Nc4cc(C#C)cc(C#C)c4)c(C(=O)O)c4cc(C(=O)Nc5cc(C#C)cc(C#C)c5)c(C(=O)O)c(c34)C2)c1. The molecule has 0 unspecified atom stereocenters. The van der Waals surface area contributed by atoms with Crippen LogP contribution in [0.2, 0.25) is 0 Å². The Balaban J connectivity index is 1.67. The van der Waals surface area contributed by atoms with Crippen LogP contribution in [0.4, 0.5) is 17.1 Å². The van der Waals surface area contributed by atoms with Crippen LogP contribution in [0, 0.1) is 74.1 Å². The van der Waals surface area contributed by atoms with Crippen molar-refractivity contribution < 1.29 is 44.1 Å². The van der Waals surface area contributed by atoms with Crippen molar-refractivity contribution in [3.05, 3.63) is 139 Å². The monoisotopic (exact) mass is 799 g/mol. The summed E-state index contributed by atoms with van der Waals surface area (Å²) in [6.07, 6.45) is 32.6. The van der Waals surface area contributed by atoms with Crippen LogP contribution < -0.4 is 16.0 Å². The lowest BCUT2D eigenvalue weighted by Crippen LogP contribution is -2.27. The van der Waals surface area contributed by atoms with Crippen molar-refractivity contribution in [2.24, 2.45) is 0 Å². The van der Waals surface area contributed by atoms with Crippen molar-refractivity contribution in [2.75, 3.05) is 16.0 Å². The van der Waals surface area contributed by atoms with Crippen LogP contribution in [-0.4, -0.2) is 50.9 Å². The second kappa shape index (κ2) is 16.4. The number of carbonyl (C=O) groups excluding carboxylic acids is 3. The molecule has 0 saturated carbocycles. The molecule has 0 radical (unpaired) electrons. The lowest BCUT2D eigenvalue weighted by Gasteiger charge is -2.26. The number of carbonyl (C=O) groups is 6. The first-order chi connectivity index (χ1) is 29.1. The lowest BCUT2D eigenvalue weighted by atomic mass is 9.77. The van der Waals surface area contributed by atoms with Gasteiger partial charge >= 0.3 is 17.9 Å². The normalized spacial score (nSPS) is 11.0. The van der Waals surface area contributed by atoms with Gasteiger partial charge in [0.15, 0.2) is 0 Å². The molecule has 0 spiro atoms. The molecule has 6 rings (SSSR count). The van der Waals surface area contributed by atoms with E-state index >= 15 is 0 Å². The number of hydrogen-bond acceptors (Lipinski definition) is 6. The molecule has 0 saturated heterocycles. The Bertz CT molecular complexity index is 3100. The van der Waals surface area contributed by atoms with Crippen LogP contribution in [0.3, 0.4) is 0 Å². The van der Waals surface area contributed by atoms with Crippen LogP contribution in [0.15, 0.2) is 72.3 Å². The Hall–Kier alpha value is -9.72. The Morgan fingerprint density at radius 3 is 1.16 bits per heavy atom. The number of amides is 3. The smallest absolute Gasteiger partial charge is 0.337 e. The van der Waals surface area contributed by atoms with E-state index in [1.807, 2.05) is 0 Å². The average molecular weight is 800 g/mol. The highest BCUT2D eigenvalue weighted by atomic mass is 16.4. The van der Waals surface area contributed by atoms with E-state index in [4.69, 9.17) is 38.5 Å². The molecule has 12 heteroatoms. The molecule has 0 fully saturated rings. The fourth-order valence-corrected chi connectivity index (χ4v) is 6.95. The molecule has 0 aromatic heterocycles. The Morgan fingerprint density at radius 2 is 0.820 bits per heavy atom. The van der Waals surface area contributed by atoms with Crippen LogP contribution in [0.5, 0.6) is 0 Å². The van der Waals surface area contributed by atoms with Gasteiger partial charge < -0.3 is 31.3 Å². The summed E-state index contributed by atoms with van der Waals surface area (Å²) in [5.74, 6) is 5.96. The van der Waals surface area contributed by atoms with Crippen molar-refractivity contribution in [1.29, 1.82) is 0 Å². The highest BCUT2D eigenvalue weighted by Crippen LogP contribution is 2.43. The standard InChI is InChI=1S/C49H25N3O9/c1-7-25-13-26(8-2)17-31(16-25)50-44(53)37-22-34-40-35(41(37)47(56)57)23-38(45(54)51-32-18-27(9-3)14-28(10-4)19-32)43(49(60)61)36(40)24-39(42(34)48(58)59)46(55)52-33-20-29(11-5)15-30(12-6)21-33/h1-6,13-23H,24H2,(H,50,53)(H,51,54)(H,52,55)(H,56,57)(H,58,59)(H,60,61). The van der Waals surface area contributed by atoms with Gasteiger partial charge in [0.2, 0.25) is 0 Å². The molecule has 5 aromatic carbocycles. The highest BCUT2D eigenvalue weighted by molar-refractivity contribution is 6.32. The summed E-state index contributed by atoms with van der Waals surface area (Å²) in [7, 11) is 0. The molecular weight excluding hydrogens is 775 g/mol. The minimum atomic E-state index is -1.72. The van der Waals surface area contributed by atoms with Crippen LogP contribution in [-0.2, 0) is 16.0 Å². The second-order valence-electron chi connectivity index (χ2n) is 13.1. The minimum absolute atomic E-state index is 0.0376. The van der Waals surface area contributed by atoms with E-state index in [1.165, 1.54) is 54.6 Å². The van der Waals surface area contributed by atoms with Gasteiger partial charge in [0.05, 0.1) is 27.8 Å². The maximum absolute atomic E-state index is 14.2. The van der Waals surface area contributed by atoms with E-state index in [0.717, 1.165) is 12.1 Å². The number of carboxylic acid groups (broad SMARTS) is 3. The van der Waals surface area contributed by atoms with Gasteiger partial charge in [-0.1, -0.05) is 35.5 Å². The van der Waals surface area contributed by atoms with E-state index < -0.39 is 86.4 Å². The fraction of sp³-hybridized carbons (Fsp3) is 0.0204. The van der Waals surface area contributed by atoms with Gasteiger partial charge in [-0.05, 0) is 88.6 Å². The molecule has 290 valence electrons. The molecule has 0 heterocycles. The van der Waals surface area contributed by atoms with E-state index in [9.17, 15) is 44.1 Å². The molecule has 5 aromatic rings. The molecular formula is C49H25N3O9. The summed E-state index contributed by atoms with van der Waals surface area (Å²) >= 11 is 0. The second-order valence-corrected chi connectivity index (χ2v) is 13.1. The minimum Gasteiger partial charge on any atom is -0.478 e. The molecule has 0 aliphatic heterocycles. The third-order valence-electron chi connectivity index (χ3n) is 9.43. The van der Waals surface area contributed by atoms with E-state index in [0.29, 0.717) is 0 Å². The first kappa shape index (κ1) is 40.9. The number of nitrogens with one attached hydrogen (secondary N) is 3. The molecule has 0 bridgehead atoms. The summed E-state index contributed by atoms with van der Waals surface area (Å²) in [6, 6.07) is 14.5. The fourth-order valence-electron chi connectivity index (χ4n) is 6.95. The van der Waals surface area contributed by atoms with E-state index in [-0.39, 0.29) is 61.4 Å². The number of hydrogen-bond donors (Lipinski definition) is 6. The first-order valence-electron chi connectivity index (χ1n) is 17.4. The maximum Gasteiger partial charge on any atom is 0.337 e.